The molecule has 118 valence electrons. The van der Waals surface area contributed by atoms with E-state index in [2.05, 4.69) is 72.9 Å². The van der Waals surface area contributed by atoms with E-state index in [0.29, 0.717) is 6.04 Å². The van der Waals surface area contributed by atoms with Gasteiger partial charge in [0.05, 0.1) is 0 Å². The molecule has 0 aliphatic carbocycles. The van der Waals surface area contributed by atoms with Crippen LogP contribution in [0.5, 0.6) is 0 Å². The van der Waals surface area contributed by atoms with E-state index >= 15 is 0 Å². The number of unbranched alkanes of at least 4 members (excludes halogenated alkanes) is 2. The molecule has 0 saturated heterocycles. The summed E-state index contributed by atoms with van der Waals surface area (Å²) in [5.74, 6) is 0. The van der Waals surface area contributed by atoms with Gasteiger partial charge in [0.1, 0.15) is 0 Å². The highest BCUT2D eigenvalue weighted by Crippen LogP contribution is 2.18. The first-order valence-electron chi connectivity index (χ1n) is 8.72. The highest BCUT2D eigenvalue weighted by molar-refractivity contribution is 5.18. The van der Waals surface area contributed by atoms with Gasteiger partial charge in [0, 0.05) is 6.04 Å². The minimum absolute atomic E-state index is 0.514. The molecule has 0 amide bonds. The molecule has 0 bridgehead atoms. The quantitative estimate of drug-likeness (QED) is 0.568. The van der Waals surface area contributed by atoms with Gasteiger partial charge in [-0.2, -0.15) is 0 Å². The van der Waals surface area contributed by atoms with Crippen molar-refractivity contribution in [2.24, 2.45) is 0 Å². The molecule has 0 heterocycles. The maximum Gasteiger partial charge on any atom is 0.0320 e. The van der Waals surface area contributed by atoms with Crippen molar-refractivity contribution >= 4 is 0 Å². The molecule has 0 saturated carbocycles. The Labute approximate surface area is 135 Å². The lowest BCUT2D eigenvalue weighted by molar-refractivity contribution is 0.479. The maximum absolute atomic E-state index is 3.74. The van der Waals surface area contributed by atoms with Crippen LogP contribution in [0, 0.1) is 0 Å². The molecule has 1 heteroatoms. The Balaban J connectivity index is 1.64. The van der Waals surface area contributed by atoms with Gasteiger partial charge in [-0.25, -0.2) is 0 Å². The van der Waals surface area contributed by atoms with E-state index < -0.39 is 0 Å². The Morgan fingerprint density at radius 2 is 1.50 bits per heavy atom. The van der Waals surface area contributed by atoms with E-state index in [9.17, 15) is 0 Å². The van der Waals surface area contributed by atoms with Gasteiger partial charge in [0.25, 0.3) is 0 Å². The van der Waals surface area contributed by atoms with Gasteiger partial charge in [-0.3, -0.25) is 0 Å². The molecule has 0 spiro atoms. The maximum atomic E-state index is 3.74. The second-order valence-corrected chi connectivity index (χ2v) is 6.00. The lowest BCUT2D eigenvalue weighted by atomic mass is 10.0. The summed E-state index contributed by atoms with van der Waals surface area (Å²) in [5, 5.41) is 3.74. The number of hydrogen-bond donors (Lipinski definition) is 1. The van der Waals surface area contributed by atoms with Crippen LogP contribution in [0.3, 0.4) is 0 Å². The van der Waals surface area contributed by atoms with Crippen LogP contribution in [-0.4, -0.2) is 6.54 Å². The summed E-state index contributed by atoms with van der Waals surface area (Å²) >= 11 is 0. The first kappa shape index (κ1) is 16.8. The molecule has 22 heavy (non-hydrogen) atoms. The van der Waals surface area contributed by atoms with Crippen molar-refractivity contribution in [2.75, 3.05) is 6.54 Å². The van der Waals surface area contributed by atoms with Crippen molar-refractivity contribution in [3.8, 4) is 0 Å². The van der Waals surface area contributed by atoms with E-state index in [4.69, 9.17) is 0 Å². The van der Waals surface area contributed by atoms with Crippen LogP contribution < -0.4 is 5.32 Å². The second-order valence-electron chi connectivity index (χ2n) is 6.00. The molecule has 2 aromatic carbocycles. The molecule has 2 rings (SSSR count). The number of hydrogen-bond acceptors (Lipinski definition) is 1. The van der Waals surface area contributed by atoms with E-state index in [1.807, 2.05) is 0 Å². The molecule has 0 aromatic heterocycles. The predicted molar refractivity (Wildman–Crippen MR) is 96.1 cm³/mol. The molecular weight excluding hydrogens is 266 g/mol. The van der Waals surface area contributed by atoms with E-state index in [1.165, 1.54) is 49.7 Å². The van der Waals surface area contributed by atoms with E-state index in [1.54, 1.807) is 0 Å². The highest BCUT2D eigenvalue weighted by atomic mass is 14.9. The number of rotatable bonds is 10. The van der Waals surface area contributed by atoms with Gasteiger partial charge in [0.15, 0.2) is 0 Å². The van der Waals surface area contributed by atoms with Gasteiger partial charge in [-0.15, -0.1) is 0 Å². The molecule has 1 atom stereocenters. The molecule has 0 aliphatic rings. The van der Waals surface area contributed by atoms with Crippen molar-refractivity contribution in [1.82, 2.24) is 5.32 Å². The second kappa shape index (κ2) is 10.2. The smallest absolute Gasteiger partial charge is 0.0320 e. The van der Waals surface area contributed by atoms with Crippen LogP contribution in [-0.2, 0) is 6.42 Å². The molecular formula is C21H29N. The first-order valence-corrected chi connectivity index (χ1v) is 8.72. The zero-order valence-electron chi connectivity index (χ0n) is 13.8. The average Bonchev–Trinajstić information content (AvgIpc) is 2.58. The van der Waals surface area contributed by atoms with E-state index in [0.717, 1.165) is 6.54 Å². The van der Waals surface area contributed by atoms with Gasteiger partial charge < -0.3 is 5.32 Å². The van der Waals surface area contributed by atoms with Gasteiger partial charge in [-0.1, -0.05) is 80.4 Å². The minimum Gasteiger partial charge on any atom is -0.310 e. The third-order valence-corrected chi connectivity index (χ3v) is 4.16. The fourth-order valence-electron chi connectivity index (χ4n) is 2.91. The van der Waals surface area contributed by atoms with Crippen molar-refractivity contribution < 1.29 is 0 Å². The molecule has 0 fully saturated rings. The summed E-state index contributed by atoms with van der Waals surface area (Å²) in [6.45, 7) is 3.38. The fraction of sp³-hybridized carbons (Fsp3) is 0.429. The molecule has 1 N–H and O–H groups in total. The van der Waals surface area contributed by atoms with Crippen molar-refractivity contribution in [2.45, 2.75) is 51.5 Å². The summed E-state index contributed by atoms with van der Waals surface area (Å²) in [5.41, 5.74) is 2.89. The number of nitrogens with one attached hydrogen (secondary N) is 1. The predicted octanol–water partition coefficient (Wildman–Crippen LogP) is 5.53. The van der Waals surface area contributed by atoms with Crippen LogP contribution in [0.15, 0.2) is 60.7 Å². The van der Waals surface area contributed by atoms with Crippen molar-refractivity contribution in [3.05, 3.63) is 71.8 Å². The van der Waals surface area contributed by atoms with Crippen LogP contribution in [0.25, 0.3) is 0 Å². The molecule has 0 aliphatic heterocycles. The SMILES string of the molecule is CCCC(NCCCCCc1ccccc1)c1ccccc1. The summed E-state index contributed by atoms with van der Waals surface area (Å²) in [6.07, 6.45) is 7.50. The molecule has 2 aromatic rings. The molecule has 0 radical (unpaired) electrons. The van der Waals surface area contributed by atoms with Crippen LogP contribution in [0.1, 0.15) is 56.2 Å². The van der Waals surface area contributed by atoms with Crippen molar-refractivity contribution in [3.63, 3.8) is 0 Å². The third-order valence-electron chi connectivity index (χ3n) is 4.16. The number of aryl methyl sites for hydroxylation is 1. The van der Waals surface area contributed by atoms with Gasteiger partial charge >= 0.3 is 0 Å². The Morgan fingerprint density at radius 1 is 0.818 bits per heavy atom. The molecule has 1 unspecified atom stereocenters. The van der Waals surface area contributed by atoms with Gasteiger partial charge in [0.2, 0.25) is 0 Å². The normalized spacial score (nSPS) is 12.2. The Morgan fingerprint density at radius 3 is 2.18 bits per heavy atom. The average molecular weight is 295 g/mol. The minimum atomic E-state index is 0.514. The lowest BCUT2D eigenvalue weighted by Crippen LogP contribution is -2.22. The first-order chi connectivity index (χ1) is 10.9. The van der Waals surface area contributed by atoms with E-state index in [-0.39, 0.29) is 0 Å². The van der Waals surface area contributed by atoms with Crippen LogP contribution in [0.2, 0.25) is 0 Å². The Hall–Kier alpha value is -1.60. The van der Waals surface area contributed by atoms with Crippen LogP contribution in [0.4, 0.5) is 0 Å². The van der Waals surface area contributed by atoms with Crippen molar-refractivity contribution in [1.29, 1.82) is 0 Å². The third kappa shape index (κ3) is 6.03. The zero-order valence-corrected chi connectivity index (χ0v) is 13.8. The Kier molecular flexibility index (Phi) is 7.76. The summed E-state index contributed by atoms with van der Waals surface area (Å²) < 4.78 is 0. The monoisotopic (exact) mass is 295 g/mol. The lowest BCUT2D eigenvalue weighted by Gasteiger charge is -2.18. The van der Waals surface area contributed by atoms with Gasteiger partial charge in [-0.05, 0) is 43.4 Å². The standard InChI is InChI=1S/C21H29N/c1-2-12-21(20-16-9-4-10-17-20)22-18-11-5-8-15-19-13-6-3-7-14-19/h3-4,6-7,9-10,13-14,16-17,21-22H,2,5,8,11-12,15,18H2,1H3. The molecule has 1 nitrogen and oxygen atoms in total. The zero-order chi connectivity index (χ0) is 15.5. The summed E-state index contributed by atoms with van der Waals surface area (Å²) in [4.78, 5) is 0. The fourth-order valence-corrected chi connectivity index (χ4v) is 2.91. The summed E-state index contributed by atoms with van der Waals surface area (Å²) in [7, 11) is 0. The largest absolute Gasteiger partial charge is 0.310 e. The summed E-state index contributed by atoms with van der Waals surface area (Å²) in [6, 6.07) is 22.2. The highest BCUT2D eigenvalue weighted by Gasteiger charge is 2.08. The topological polar surface area (TPSA) is 12.0 Å². The number of benzene rings is 2. The Bertz CT molecular complexity index is 492. The van der Waals surface area contributed by atoms with Crippen LogP contribution >= 0.6 is 0 Å².